The topological polar surface area (TPSA) is 233 Å². The summed E-state index contributed by atoms with van der Waals surface area (Å²) < 4.78 is 50.7. The van der Waals surface area contributed by atoms with Crippen molar-refractivity contribution in [1.82, 2.24) is 0 Å². The van der Waals surface area contributed by atoms with Crippen molar-refractivity contribution in [2.75, 3.05) is 19.8 Å². The molecule has 0 bridgehead atoms. The SMILES string of the molecule is O=S(=O)(O)O[C@H]1[C@H](O)[C@@H](CO)O[C@@]1(CO)O[C@H]1O[C@H](CO)[C@@H](O)[C@H](O)[C@H]1O.[BiH3]. The summed E-state index contributed by atoms with van der Waals surface area (Å²) in [5.41, 5.74) is 0. The average molecular weight is 634 g/mol. The molecule has 2 aliphatic heterocycles. The monoisotopic (exact) mass is 634 g/mol. The second-order valence-corrected chi connectivity index (χ2v) is 7.11. The molecule has 28 heavy (non-hydrogen) atoms. The molecule has 2 fully saturated rings. The minimum atomic E-state index is -5.19. The van der Waals surface area contributed by atoms with Crippen molar-refractivity contribution in [3.05, 3.63) is 0 Å². The van der Waals surface area contributed by atoms with Gasteiger partial charge in [0.2, 0.25) is 5.79 Å². The van der Waals surface area contributed by atoms with Gasteiger partial charge in [-0.2, -0.15) is 8.42 Å². The molecule has 0 aromatic carbocycles. The van der Waals surface area contributed by atoms with Crippen molar-refractivity contribution in [3.8, 4) is 0 Å². The van der Waals surface area contributed by atoms with Gasteiger partial charge in [0.15, 0.2) is 12.4 Å². The van der Waals surface area contributed by atoms with Gasteiger partial charge in [0.25, 0.3) is 0 Å². The number of hydrogen-bond donors (Lipinski definition) is 8. The zero-order chi connectivity index (χ0) is 20.6. The molecule has 0 aromatic rings. The van der Waals surface area contributed by atoms with Crippen LogP contribution in [0.2, 0.25) is 0 Å². The molecule has 9 atom stereocenters. The second-order valence-electron chi connectivity index (χ2n) is 6.06. The number of aliphatic hydroxyl groups is 7. The van der Waals surface area contributed by atoms with Gasteiger partial charge in [-0.1, -0.05) is 0 Å². The molecule has 14 nitrogen and oxygen atoms in total. The quantitative estimate of drug-likeness (QED) is 0.0962. The Morgan fingerprint density at radius 1 is 0.893 bits per heavy atom. The van der Waals surface area contributed by atoms with Crippen molar-refractivity contribution >= 4 is 36.6 Å². The standard InChI is InChI=1S/C12H22O14S.Bi.3H/c13-1-4-6(16)8(18)9(19)11(23-4)25-12(3-15)10(26-27(20,21)22)7(17)5(2-14)24-12;;;;/h4-11,13-19H,1-3H2,(H,20,21,22);;;;/t4-,5-,6-,7-,8+,9-,10+,11-,12+;;;;/m1..../s1. The van der Waals surface area contributed by atoms with Crippen molar-refractivity contribution in [2.45, 2.75) is 54.8 Å². The fraction of sp³-hybridized carbons (Fsp3) is 1.00. The molecular formula is C12H25BiO14S. The van der Waals surface area contributed by atoms with Crippen molar-refractivity contribution in [2.24, 2.45) is 0 Å². The van der Waals surface area contributed by atoms with Crippen LogP contribution in [-0.2, 0) is 28.8 Å². The van der Waals surface area contributed by atoms with Crippen molar-refractivity contribution < 1.29 is 67.1 Å². The molecule has 0 aliphatic carbocycles. The molecule has 8 N–H and O–H groups in total. The first-order valence-electron chi connectivity index (χ1n) is 7.71. The summed E-state index contributed by atoms with van der Waals surface area (Å²) in [4.78, 5) is 0. The molecule has 2 rings (SSSR count). The molecule has 0 amide bonds. The summed E-state index contributed by atoms with van der Waals surface area (Å²) in [6.45, 7) is -2.88. The average Bonchev–Trinajstić information content (AvgIpc) is 2.86. The third kappa shape index (κ3) is 5.33. The summed E-state index contributed by atoms with van der Waals surface area (Å²) in [5, 5.41) is 67.6. The molecule has 0 saturated carbocycles. The Kier molecular flexibility index (Phi) is 9.53. The van der Waals surface area contributed by atoms with Gasteiger partial charge in [-0.3, -0.25) is 4.55 Å². The Hall–Kier alpha value is 0.353. The first kappa shape index (κ1) is 26.4. The van der Waals surface area contributed by atoms with E-state index in [2.05, 4.69) is 4.18 Å². The molecule has 0 unspecified atom stereocenters. The molecule has 2 saturated heterocycles. The van der Waals surface area contributed by atoms with Gasteiger partial charge < -0.3 is 50.0 Å². The summed E-state index contributed by atoms with van der Waals surface area (Å²) in [6, 6.07) is 0. The maximum atomic E-state index is 11.1. The van der Waals surface area contributed by atoms with Crippen LogP contribution < -0.4 is 0 Å². The van der Waals surface area contributed by atoms with Gasteiger partial charge in [0.05, 0.1) is 13.2 Å². The molecule has 168 valence electrons. The van der Waals surface area contributed by atoms with E-state index in [0.29, 0.717) is 0 Å². The molecule has 0 radical (unpaired) electrons. The predicted molar refractivity (Wildman–Crippen MR) is 89.0 cm³/mol. The molecule has 16 heteroatoms. The van der Waals surface area contributed by atoms with Crippen LogP contribution in [0.4, 0.5) is 0 Å². The van der Waals surface area contributed by atoms with Gasteiger partial charge in [0.1, 0.15) is 43.2 Å². The summed E-state index contributed by atoms with van der Waals surface area (Å²) in [6.07, 6.45) is -14.4. The van der Waals surface area contributed by atoms with E-state index in [1.165, 1.54) is 0 Å². The first-order valence-corrected chi connectivity index (χ1v) is 9.07. The molecule has 2 heterocycles. The van der Waals surface area contributed by atoms with Crippen LogP contribution in [0.3, 0.4) is 0 Å². The maximum absolute atomic E-state index is 11.1. The van der Waals surface area contributed by atoms with E-state index >= 15 is 0 Å². The van der Waals surface area contributed by atoms with Crippen molar-refractivity contribution in [3.63, 3.8) is 0 Å². The third-order valence-electron chi connectivity index (χ3n) is 4.27. The molecule has 0 spiro atoms. The molecular weight excluding hydrogens is 609 g/mol. The van der Waals surface area contributed by atoms with Crippen LogP contribution in [0.5, 0.6) is 0 Å². The zero-order valence-electron chi connectivity index (χ0n) is 14.4. The summed E-state index contributed by atoms with van der Waals surface area (Å²) >= 11 is 0. The Labute approximate surface area is 178 Å². The van der Waals surface area contributed by atoms with Gasteiger partial charge in [-0.05, 0) is 0 Å². The predicted octanol–water partition coefficient (Wildman–Crippen LogP) is -6.75. The van der Waals surface area contributed by atoms with Gasteiger partial charge in [-0.15, -0.1) is 0 Å². The van der Waals surface area contributed by atoms with E-state index in [9.17, 15) is 39.1 Å². The van der Waals surface area contributed by atoms with Crippen LogP contribution in [-0.4, -0.2) is 150 Å². The Balaban J connectivity index is 0.00000392. The second kappa shape index (κ2) is 10.1. The van der Waals surface area contributed by atoms with E-state index in [1.54, 1.807) is 0 Å². The Morgan fingerprint density at radius 3 is 1.93 bits per heavy atom. The number of aliphatic hydroxyl groups excluding tert-OH is 7. The Morgan fingerprint density at radius 2 is 1.46 bits per heavy atom. The van der Waals surface area contributed by atoms with E-state index in [0.717, 1.165) is 0 Å². The summed E-state index contributed by atoms with van der Waals surface area (Å²) in [5.74, 6) is -2.57. The number of hydrogen-bond acceptors (Lipinski definition) is 13. The summed E-state index contributed by atoms with van der Waals surface area (Å²) in [7, 11) is -5.19. The molecule has 2 aliphatic rings. The number of rotatable bonds is 7. The van der Waals surface area contributed by atoms with E-state index in [-0.39, 0.29) is 26.2 Å². The van der Waals surface area contributed by atoms with Crippen LogP contribution >= 0.6 is 0 Å². The van der Waals surface area contributed by atoms with Crippen molar-refractivity contribution in [1.29, 1.82) is 0 Å². The van der Waals surface area contributed by atoms with E-state index in [1.807, 2.05) is 0 Å². The zero-order valence-corrected chi connectivity index (χ0v) is 20.7. The van der Waals surface area contributed by atoms with Crippen LogP contribution in [0, 0.1) is 0 Å². The fourth-order valence-electron chi connectivity index (χ4n) is 2.88. The normalized spacial score (nSPS) is 44.3. The first-order chi connectivity index (χ1) is 12.5. The van der Waals surface area contributed by atoms with E-state index < -0.39 is 85.0 Å². The van der Waals surface area contributed by atoms with E-state index in [4.69, 9.17) is 23.9 Å². The third-order valence-corrected chi connectivity index (χ3v) is 4.72. The van der Waals surface area contributed by atoms with Crippen LogP contribution in [0.1, 0.15) is 0 Å². The number of ether oxygens (including phenoxy) is 3. The van der Waals surface area contributed by atoms with Gasteiger partial charge in [0, 0.05) is 0 Å². The van der Waals surface area contributed by atoms with Gasteiger partial charge >= 0.3 is 36.6 Å². The van der Waals surface area contributed by atoms with Crippen LogP contribution in [0.15, 0.2) is 0 Å². The minimum absolute atomic E-state index is 0. The van der Waals surface area contributed by atoms with Crippen LogP contribution in [0.25, 0.3) is 0 Å². The van der Waals surface area contributed by atoms with Gasteiger partial charge in [-0.25, -0.2) is 4.18 Å². The molecule has 0 aromatic heterocycles. The fourth-order valence-corrected chi connectivity index (χ4v) is 3.40. The Bertz CT molecular complexity index is 603.